The maximum atomic E-state index is 12.2. The molecule has 6 nitrogen and oxygen atoms in total. The van der Waals surface area contributed by atoms with Crippen LogP contribution in [0.3, 0.4) is 0 Å². The monoisotopic (exact) mass is 380 g/mol. The summed E-state index contributed by atoms with van der Waals surface area (Å²) in [5.74, 6) is -0.976. The van der Waals surface area contributed by atoms with Crippen molar-refractivity contribution in [3.8, 4) is 11.3 Å². The Morgan fingerprint density at radius 1 is 0.963 bits per heavy atom. The van der Waals surface area contributed by atoms with E-state index in [0.717, 1.165) is 24.1 Å². The van der Waals surface area contributed by atoms with Crippen molar-refractivity contribution in [2.45, 2.75) is 19.4 Å². The second-order valence-electron chi connectivity index (χ2n) is 6.39. The quantitative estimate of drug-likeness (QED) is 0.484. The van der Waals surface area contributed by atoms with Crippen molar-refractivity contribution in [3.05, 3.63) is 65.3 Å². The molecule has 1 aliphatic heterocycles. The highest BCUT2D eigenvalue weighted by atomic mass is 35.5. The summed E-state index contributed by atoms with van der Waals surface area (Å²) in [7, 11) is 0. The molecule has 0 fully saturated rings. The molecule has 0 aliphatic carbocycles. The van der Waals surface area contributed by atoms with E-state index in [9.17, 15) is 9.59 Å². The Morgan fingerprint density at radius 3 is 2.56 bits per heavy atom. The Bertz CT molecular complexity index is 1000. The normalized spacial score (nSPS) is 13.3. The largest absolute Gasteiger partial charge is 0.305 e. The number of Topliss-reactive ketones (excluding diaryl/α,β-unsaturated/α-hetero) is 1. The number of hydrogen-bond donors (Lipinski definition) is 0. The van der Waals surface area contributed by atoms with E-state index < -0.39 is 11.7 Å². The molecule has 1 amide bonds. The van der Waals surface area contributed by atoms with Crippen LogP contribution in [0.5, 0.6) is 0 Å². The third kappa shape index (κ3) is 3.48. The SMILES string of the molecule is O=C1C(=O)N(CCCCn2cc(-c3ccccc3)nn2)c2ccc(Cl)cc21. The number of fused-ring (bicyclic) bond motifs is 1. The zero-order chi connectivity index (χ0) is 18.8. The lowest BCUT2D eigenvalue weighted by Gasteiger charge is -2.16. The zero-order valence-corrected chi connectivity index (χ0v) is 15.3. The molecule has 1 aliphatic rings. The predicted octanol–water partition coefficient (Wildman–Crippen LogP) is 3.61. The summed E-state index contributed by atoms with van der Waals surface area (Å²) < 4.78 is 1.80. The lowest BCUT2D eigenvalue weighted by molar-refractivity contribution is -0.114. The molecule has 1 aromatic heterocycles. The van der Waals surface area contributed by atoms with Gasteiger partial charge in [-0.25, -0.2) is 0 Å². The summed E-state index contributed by atoms with van der Waals surface area (Å²) in [6.07, 6.45) is 3.48. The molecule has 0 spiro atoms. The summed E-state index contributed by atoms with van der Waals surface area (Å²) >= 11 is 5.93. The maximum absolute atomic E-state index is 12.2. The first-order valence-electron chi connectivity index (χ1n) is 8.75. The molecule has 27 heavy (non-hydrogen) atoms. The average molecular weight is 381 g/mol. The van der Waals surface area contributed by atoms with E-state index in [1.165, 1.54) is 4.90 Å². The first-order chi connectivity index (χ1) is 13.1. The molecule has 0 radical (unpaired) electrons. The molecule has 0 atom stereocenters. The number of ketones is 1. The van der Waals surface area contributed by atoms with Crippen LogP contribution in [-0.2, 0) is 11.3 Å². The van der Waals surface area contributed by atoms with Gasteiger partial charge in [0.2, 0.25) is 0 Å². The van der Waals surface area contributed by atoms with Crippen LogP contribution in [0.2, 0.25) is 5.02 Å². The molecule has 0 saturated carbocycles. The lowest BCUT2D eigenvalue weighted by atomic mass is 10.1. The van der Waals surface area contributed by atoms with E-state index in [4.69, 9.17) is 11.6 Å². The molecule has 0 N–H and O–H groups in total. The van der Waals surface area contributed by atoms with Crippen LogP contribution in [0.4, 0.5) is 5.69 Å². The van der Waals surface area contributed by atoms with Crippen molar-refractivity contribution in [3.63, 3.8) is 0 Å². The van der Waals surface area contributed by atoms with Gasteiger partial charge in [-0.3, -0.25) is 14.3 Å². The van der Waals surface area contributed by atoms with E-state index in [0.29, 0.717) is 29.4 Å². The maximum Gasteiger partial charge on any atom is 0.299 e. The van der Waals surface area contributed by atoms with Crippen molar-refractivity contribution in [1.82, 2.24) is 15.0 Å². The number of aryl methyl sites for hydroxylation is 1. The summed E-state index contributed by atoms with van der Waals surface area (Å²) in [5, 5.41) is 8.80. The minimum Gasteiger partial charge on any atom is -0.305 e. The van der Waals surface area contributed by atoms with E-state index in [1.54, 1.807) is 22.9 Å². The number of nitrogens with zero attached hydrogens (tertiary/aromatic N) is 4. The molecule has 0 bridgehead atoms. The van der Waals surface area contributed by atoms with E-state index in [-0.39, 0.29) is 0 Å². The number of carbonyl (C=O) groups excluding carboxylic acids is 2. The number of anilines is 1. The van der Waals surface area contributed by atoms with Crippen molar-refractivity contribution < 1.29 is 9.59 Å². The van der Waals surface area contributed by atoms with Crippen LogP contribution in [0.1, 0.15) is 23.2 Å². The summed E-state index contributed by atoms with van der Waals surface area (Å²) in [6.45, 7) is 1.18. The summed E-state index contributed by atoms with van der Waals surface area (Å²) in [5.41, 5.74) is 2.89. The van der Waals surface area contributed by atoms with Gasteiger partial charge >= 0.3 is 0 Å². The summed E-state index contributed by atoms with van der Waals surface area (Å²) in [4.78, 5) is 25.8. The van der Waals surface area contributed by atoms with Crippen LogP contribution in [-0.4, -0.2) is 33.2 Å². The predicted molar refractivity (Wildman–Crippen MR) is 103 cm³/mol. The molecule has 7 heteroatoms. The van der Waals surface area contributed by atoms with Crippen molar-refractivity contribution in [1.29, 1.82) is 0 Å². The van der Waals surface area contributed by atoms with Gasteiger partial charge in [0.05, 0.1) is 17.4 Å². The molecule has 3 aromatic rings. The number of hydrogen-bond acceptors (Lipinski definition) is 4. The van der Waals surface area contributed by atoms with Crippen molar-refractivity contribution in [2.24, 2.45) is 0 Å². The Hall–Kier alpha value is -2.99. The highest BCUT2D eigenvalue weighted by Gasteiger charge is 2.35. The Kier molecular flexibility index (Phi) is 4.73. The van der Waals surface area contributed by atoms with Gasteiger partial charge in [-0.15, -0.1) is 5.10 Å². The van der Waals surface area contributed by atoms with E-state index >= 15 is 0 Å². The molecule has 2 heterocycles. The molecular weight excluding hydrogens is 364 g/mol. The number of unbranched alkanes of at least 4 members (excludes halogenated alkanes) is 1. The second-order valence-corrected chi connectivity index (χ2v) is 6.82. The van der Waals surface area contributed by atoms with Crippen LogP contribution < -0.4 is 4.90 Å². The van der Waals surface area contributed by atoms with Gasteiger partial charge in [-0.1, -0.05) is 47.1 Å². The number of aromatic nitrogens is 3. The number of carbonyl (C=O) groups is 2. The van der Waals surface area contributed by atoms with E-state index in [2.05, 4.69) is 10.3 Å². The fraction of sp³-hybridized carbons (Fsp3) is 0.200. The third-order valence-corrected chi connectivity index (χ3v) is 4.80. The standard InChI is InChI=1S/C20H17ClN4O2/c21-15-8-9-18-16(12-15)19(26)20(27)25(18)11-5-4-10-24-13-17(22-23-24)14-6-2-1-3-7-14/h1-3,6-9,12-13H,4-5,10-11H2. The fourth-order valence-corrected chi connectivity index (χ4v) is 3.36. The molecule has 136 valence electrons. The van der Waals surface area contributed by atoms with Crippen LogP contribution in [0.25, 0.3) is 11.3 Å². The number of amides is 1. The van der Waals surface area contributed by atoms with Gasteiger partial charge in [-0.05, 0) is 31.0 Å². The minimum absolute atomic E-state index is 0.385. The first-order valence-corrected chi connectivity index (χ1v) is 9.12. The average Bonchev–Trinajstić information content (AvgIpc) is 3.25. The van der Waals surface area contributed by atoms with E-state index in [1.807, 2.05) is 36.5 Å². The number of rotatable bonds is 6. The van der Waals surface area contributed by atoms with Gasteiger partial charge < -0.3 is 4.90 Å². The molecule has 0 saturated heterocycles. The number of benzene rings is 2. The molecule has 2 aromatic carbocycles. The Morgan fingerprint density at radius 2 is 1.74 bits per heavy atom. The second kappa shape index (κ2) is 7.32. The molecule has 4 rings (SSSR count). The number of halogens is 1. The van der Waals surface area contributed by atoms with Gasteiger partial charge in [0.15, 0.2) is 0 Å². The zero-order valence-electron chi connectivity index (χ0n) is 14.5. The van der Waals surface area contributed by atoms with Crippen LogP contribution in [0, 0.1) is 0 Å². The third-order valence-electron chi connectivity index (χ3n) is 4.56. The van der Waals surface area contributed by atoms with Gasteiger partial charge in [0.25, 0.3) is 11.7 Å². The fourth-order valence-electron chi connectivity index (χ4n) is 3.19. The van der Waals surface area contributed by atoms with Gasteiger partial charge in [0.1, 0.15) is 5.69 Å². The van der Waals surface area contributed by atoms with Crippen LogP contribution >= 0.6 is 11.6 Å². The van der Waals surface area contributed by atoms with Crippen LogP contribution in [0.15, 0.2) is 54.7 Å². The minimum atomic E-state index is -0.490. The highest BCUT2D eigenvalue weighted by Crippen LogP contribution is 2.31. The van der Waals surface area contributed by atoms with Crippen molar-refractivity contribution in [2.75, 3.05) is 11.4 Å². The highest BCUT2D eigenvalue weighted by molar-refractivity contribution is 6.52. The van der Waals surface area contributed by atoms with Gasteiger partial charge in [-0.2, -0.15) is 0 Å². The lowest BCUT2D eigenvalue weighted by Crippen LogP contribution is -2.30. The summed E-state index contributed by atoms with van der Waals surface area (Å²) in [6, 6.07) is 14.9. The first kappa shape index (κ1) is 17.4. The van der Waals surface area contributed by atoms with Crippen molar-refractivity contribution >= 4 is 29.0 Å². The topological polar surface area (TPSA) is 68.1 Å². The molecule has 0 unspecified atom stereocenters. The smallest absolute Gasteiger partial charge is 0.299 e. The van der Waals surface area contributed by atoms with Gasteiger partial charge in [0, 0.05) is 23.7 Å². The Balaban J connectivity index is 1.34. The Labute approximate surface area is 161 Å². The molecular formula is C20H17ClN4O2.